The highest BCUT2D eigenvalue weighted by Gasteiger charge is 2.35. The van der Waals surface area contributed by atoms with Gasteiger partial charge in [0.2, 0.25) is 11.8 Å². The van der Waals surface area contributed by atoms with Crippen molar-refractivity contribution < 1.29 is 9.59 Å². The fourth-order valence-electron chi connectivity index (χ4n) is 2.91. The van der Waals surface area contributed by atoms with Gasteiger partial charge in [-0.15, -0.1) is 0 Å². The van der Waals surface area contributed by atoms with Crippen LogP contribution in [0.3, 0.4) is 0 Å². The Hall–Kier alpha value is -1.99. The maximum Gasteiger partial charge on any atom is 0.284 e. The first-order chi connectivity index (χ1) is 12.5. The van der Waals surface area contributed by atoms with Gasteiger partial charge >= 0.3 is 0 Å². The molecule has 2 amide bonds. The van der Waals surface area contributed by atoms with Crippen LogP contribution in [-0.4, -0.2) is 48.5 Å². The van der Waals surface area contributed by atoms with E-state index in [0.717, 1.165) is 22.3 Å². The lowest BCUT2D eigenvalue weighted by Gasteiger charge is -2.26. The number of benzene rings is 1. The zero-order chi connectivity index (χ0) is 19.1. The molecule has 1 aromatic rings. The maximum atomic E-state index is 12.6. The average Bonchev–Trinajstić information content (AvgIpc) is 3.14. The summed E-state index contributed by atoms with van der Waals surface area (Å²) in [7, 11) is 1.66. The number of nitrogens with one attached hydrogen (secondary N) is 1. The highest BCUT2D eigenvalue weighted by Crippen LogP contribution is 2.18. The van der Waals surface area contributed by atoms with Crippen LogP contribution in [0.4, 0.5) is 0 Å². The summed E-state index contributed by atoms with van der Waals surface area (Å²) in [5, 5.41) is 4.73. The molecule has 1 saturated heterocycles. The molecule has 2 atom stereocenters. The number of allylic oxidation sites excluding steroid dienone is 2. The number of nitrogens with two attached hydrogens (primary N) is 1. The van der Waals surface area contributed by atoms with Gasteiger partial charge in [-0.2, -0.15) is 12.6 Å². The number of thiol groups is 1. The number of rotatable bonds is 6. The molecule has 0 aliphatic carbocycles. The van der Waals surface area contributed by atoms with Crippen molar-refractivity contribution in [3.63, 3.8) is 0 Å². The quantitative estimate of drug-likeness (QED) is 0.478. The van der Waals surface area contributed by atoms with E-state index in [1.165, 1.54) is 0 Å². The number of likely N-dealkylation sites (tertiary alicyclic amines) is 1. The molecule has 1 radical (unpaired) electrons. The second kappa shape index (κ2) is 9.64. The van der Waals surface area contributed by atoms with E-state index in [4.69, 9.17) is 5.73 Å². The third-order valence-corrected chi connectivity index (χ3v) is 4.84. The summed E-state index contributed by atoms with van der Waals surface area (Å²) in [6, 6.07) is 6.62. The number of hydrogen-bond acceptors (Lipinski definition) is 4. The van der Waals surface area contributed by atoms with Gasteiger partial charge in [0, 0.05) is 12.3 Å². The molecular formula is C19H25BN3O2S. The van der Waals surface area contributed by atoms with Gasteiger partial charge in [-0.3, -0.25) is 9.59 Å². The van der Waals surface area contributed by atoms with Crippen LogP contribution < -0.4 is 21.4 Å². The second-order valence-corrected chi connectivity index (χ2v) is 6.63. The normalized spacial score (nSPS) is 19.3. The monoisotopic (exact) mass is 370 g/mol. The first-order valence-electron chi connectivity index (χ1n) is 8.70. The molecule has 1 aliphatic heterocycles. The molecule has 1 aliphatic rings. The highest BCUT2D eigenvalue weighted by atomic mass is 32.1. The standard InChI is InChI=1S/C19H25BN3O2S/c1-3-15(11-14-8-5-4-7-13(14)2)20-22-18(24)17-9-6-10-23(17)19(25)16(21)12-26/h3-5,7-8,11,16-17,26H,2,6,9-10,12,21H2,1H3,(H,22,24)/b14-11-,15-3+. The summed E-state index contributed by atoms with van der Waals surface area (Å²) in [6.07, 6.45) is 5.29. The molecule has 7 heteroatoms. The molecule has 0 aromatic heterocycles. The van der Waals surface area contributed by atoms with Crippen LogP contribution in [-0.2, 0) is 9.59 Å². The predicted octanol–water partition coefficient (Wildman–Crippen LogP) is -0.235. The average molecular weight is 370 g/mol. The number of carbonyl (C=O) groups excluding carboxylic acids is 2. The summed E-state index contributed by atoms with van der Waals surface area (Å²) in [6.45, 7) is 6.45. The van der Waals surface area contributed by atoms with Gasteiger partial charge in [0.15, 0.2) is 0 Å². The Labute approximate surface area is 160 Å². The number of amides is 2. The smallest absolute Gasteiger partial charge is 0.284 e. The third-order valence-electron chi connectivity index (χ3n) is 4.44. The van der Waals surface area contributed by atoms with Crippen LogP contribution in [0.2, 0.25) is 0 Å². The van der Waals surface area contributed by atoms with Gasteiger partial charge in [0.25, 0.3) is 7.41 Å². The Balaban J connectivity index is 2.03. The Kier molecular flexibility index (Phi) is 7.54. The van der Waals surface area contributed by atoms with Crippen LogP contribution >= 0.6 is 12.6 Å². The summed E-state index contributed by atoms with van der Waals surface area (Å²) in [5.41, 5.74) is 6.63. The Morgan fingerprint density at radius 2 is 2.23 bits per heavy atom. The first kappa shape index (κ1) is 20.3. The van der Waals surface area contributed by atoms with Crippen LogP contribution in [0.25, 0.3) is 12.7 Å². The summed E-state index contributed by atoms with van der Waals surface area (Å²) >= 11 is 4.07. The topological polar surface area (TPSA) is 75.4 Å². The second-order valence-electron chi connectivity index (χ2n) is 6.26. The van der Waals surface area contributed by atoms with Crippen molar-refractivity contribution in [3.8, 4) is 0 Å². The van der Waals surface area contributed by atoms with Crippen molar-refractivity contribution in [2.45, 2.75) is 31.8 Å². The fraction of sp³-hybridized carbons (Fsp3) is 0.368. The molecule has 0 spiro atoms. The lowest BCUT2D eigenvalue weighted by molar-refractivity contribution is -0.138. The van der Waals surface area contributed by atoms with E-state index in [9.17, 15) is 9.59 Å². The number of carbonyl (C=O) groups is 2. The Bertz CT molecular complexity index is 796. The zero-order valence-electron chi connectivity index (χ0n) is 15.0. The van der Waals surface area contributed by atoms with E-state index >= 15 is 0 Å². The van der Waals surface area contributed by atoms with Gasteiger partial charge in [-0.1, -0.05) is 48.5 Å². The van der Waals surface area contributed by atoms with Crippen molar-refractivity contribution in [2.24, 2.45) is 5.73 Å². The Morgan fingerprint density at radius 1 is 1.50 bits per heavy atom. The molecule has 137 valence electrons. The molecule has 26 heavy (non-hydrogen) atoms. The zero-order valence-corrected chi connectivity index (χ0v) is 15.9. The fourth-order valence-corrected chi connectivity index (χ4v) is 3.06. The van der Waals surface area contributed by atoms with Gasteiger partial charge in [0.1, 0.15) is 6.04 Å². The molecule has 3 N–H and O–H groups in total. The highest BCUT2D eigenvalue weighted by molar-refractivity contribution is 7.80. The summed E-state index contributed by atoms with van der Waals surface area (Å²) < 4.78 is 0. The molecule has 1 fully saturated rings. The number of nitrogens with zero attached hydrogens (tertiary/aromatic N) is 1. The van der Waals surface area contributed by atoms with E-state index in [0.29, 0.717) is 13.0 Å². The van der Waals surface area contributed by atoms with E-state index < -0.39 is 12.1 Å². The molecule has 1 aromatic carbocycles. The lowest BCUT2D eigenvalue weighted by Crippen LogP contribution is -2.52. The lowest BCUT2D eigenvalue weighted by atomic mass is 9.80. The minimum Gasteiger partial charge on any atom is -0.397 e. The van der Waals surface area contributed by atoms with Gasteiger partial charge in [-0.05, 0) is 30.2 Å². The van der Waals surface area contributed by atoms with E-state index in [2.05, 4.69) is 24.4 Å². The van der Waals surface area contributed by atoms with E-state index in [1.54, 1.807) is 12.3 Å². The molecule has 1 heterocycles. The summed E-state index contributed by atoms with van der Waals surface area (Å²) in [5.74, 6) is -0.155. The molecule has 2 unspecified atom stereocenters. The first-order valence-corrected chi connectivity index (χ1v) is 9.33. The molecule has 0 bridgehead atoms. The van der Waals surface area contributed by atoms with E-state index in [1.807, 2.05) is 43.3 Å². The van der Waals surface area contributed by atoms with Crippen molar-refractivity contribution >= 4 is 44.5 Å². The number of hydrogen-bond donors (Lipinski definition) is 3. The van der Waals surface area contributed by atoms with Crippen LogP contribution in [0.5, 0.6) is 0 Å². The maximum absolute atomic E-state index is 12.6. The SMILES string of the molecule is C=c1cccc/c1=C/C([B]NC(=O)C1CCCN1C(=O)C(N)CS)=C\C. The largest absolute Gasteiger partial charge is 0.397 e. The molecular weight excluding hydrogens is 345 g/mol. The summed E-state index contributed by atoms with van der Waals surface area (Å²) in [4.78, 5) is 26.4. The third kappa shape index (κ3) is 5.02. The van der Waals surface area contributed by atoms with Crippen LogP contribution in [0.15, 0.2) is 35.8 Å². The van der Waals surface area contributed by atoms with Gasteiger partial charge in [0.05, 0.1) is 6.04 Å². The molecule has 2 rings (SSSR count). The van der Waals surface area contributed by atoms with Gasteiger partial charge < -0.3 is 15.9 Å². The van der Waals surface area contributed by atoms with Crippen molar-refractivity contribution in [1.82, 2.24) is 10.1 Å². The van der Waals surface area contributed by atoms with Gasteiger partial charge in [-0.25, -0.2) is 0 Å². The van der Waals surface area contributed by atoms with Crippen molar-refractivity contribution in [1.29, 1.82) is 0 Å². The predicted molar refractivity (Wildman–Crippen MR) is 110 cm³/mol. The minimum atomic E-state index is -0.677. The van der Waals surface area contributed by atoms with E-state index in [-0.39, 0.29) is 17.6 Å². The van der Waals surface area contributed by atoms with Crippen LogP contribution in [0.1, 0.15) is 19.8 Å². The minimum absolute atomic E-state index is 0.196. The van der Waals surface area contributed by atoms with Crippen molar-refractivity contribution in [3.05, 3.63) is 46.3 Å². The van der Waals surface area contributed by atoms with Crippen LogP contribution in [0, 0.1) is 0 Å². The van der Waals surface area contributed by atoms with Crippen molar-refractivity contribution in [2.75, 3.05) is 12.3 Å². The Morgan fingerprint density at radius 3 is 2.88 bits per heavy atom. The molecule has 0 saturated carbocycles. The molecule has 5 nitrogen and oxygen atoms in total.